The number of nitro groups is 1. The number of hydrogen-bond acceptors (Lipinski definition) is 7. The molecule has 0 fully saturated rings. The minimum atomic E-state index is -0.440. The van der Waals surface area contributed by atoms with E-state index in [0.29, 0.717) is 15.3 Å². The largest absolute Gasteiger partial charge is 0.485 e. The van der Waals surface area contributed by atoms with Crippen LogP contribution in [0.1, 0.15) is 17.1 Å². The van der Waals surface area contributed by atoms with E-state index < -0.39 is 4.92 Å². The van der Waals surface area contributed by atoms with Crippen molar-refractivity contribution in [1.29, 1.82) is 0 Å². The summed E-state index contributed by atoms with van der Waals surface area (Å²) in [5.74, 6) is 1.18. The van der Waals surface area contributed by atoms with Crippen LogP contribution in [0.15, 0.2) is 71.7 Å². The minimum absolute atomic E-state index is 0.0195. The summed E-state index contributed by atoms with van der Waals surface area (Å²) in [6, 6.07) is 17.6. The molecule has 0 radical (unpaired) electrons. The van der Waals surface area contributed by atoms with Crippen molar-refractivity contribution in [1.82, 2.24) is 19.2 Å². The highest BCUT2D eigenvalue weighted by molar-refractivity contribution is 7.15. The maximum atomic E-state index is 12.9. The highest BCUT2D eigenvalue weighted by Gasteiger charge is 2.12. The Labute approximate surface area is 191 Å². The predicted octanol–water partition coefficient (Wildman–Crippen LogP) is 3.29. The number of aromatic nitrogens is 4. The maximum absolute atomic E-state index is 12.9. The fourth-order valence-electron chi connectivity index (χ4n) is 3.41. The quantitative estimate of drug-likeness (QED) is 0.285. The van der Waals surface area contributed by atoms with Gasteiger partial charge in [-0.05, 0) is 48.9 Å². The lowest BCUT2D eigenvalue weighted by Gasteiger charge is -2.06. The predicted molar refractivity (Wildman–Crippen MR) is 124 cm³/mol. The number of hydrogen-bond donors (Lipinski definition) is 0. The second-order valence-corrected chi connectivity index (χ2v) is 8.28. The van der Waals surface area contributed by atoms with E-state index >= 15 is 0 Å². The third-order valence-electron chi connectivity index (χ3n) is 5.07. The number of fused-ring (bicyclic) bond motifs is 1. The number of thiazole rings is 1. The zero-order chi connectivity index (χ0) is 22.9. The normalized spacial score (nSPS) is 11.8. The average molecular weight is 459 g/mol. The summed E-state index contributed by atoms with van der Waals surface area (Å²) in [5, 5.41) is 15.2. The van der Waals surface area contributed by atoms with Gasteiger partial charge < -0.3 is 9.30 Å². The summed E-state index contributed by atoms with van der Waals surface area (Å²) in [6.45, 7) is 2.12. The van der Waals surface area contributed by atoms with Gasteiger partial charge in [0.15, 0.2) is 5.82 Å². The number of nitrogens with zero attached hydrogens (tertiary/aromatic N) is 5. The summed E-state index contributed by atoms with van der Waals surface area (Å²) < 4.78 is 9.39. The zero-order valence-corrected chi connectivity index (χ0v) is 18.2. The summed E-state index contributed by atoms with van der Waals surface area (Å²) in [4.78, 5) is 28.3. The van der Waals surface area contributed by atoms with E-state index in [-0.39, 0.29) is 17.9 Å². The van der Waals surface area contributed by atoms with E-state index in [9.17, 15) is 14.9 Å². The first kappa shape index (κ1) is 20.6. The molecule has 2 aromatic carbocycles. The second kappa shape index (κ2) is 8.32. The second-order valence-electron chi connectivity index (χ2n) is 7.27. The minimum Gasteiger partial charge on any atom is -0.485 e. The van der Waals surface area contributed by atoms with Crippen LogP contribution in [-0.4, -0.2) is 24.1 Å². The molecule has 0 aliphatic carbocycles. The fourth-order valence-corrected chi connectivity index (χ4v) is 4.32. The van der Waals surface area contributed by atoms with Gasteiger partial charge in [-0.2, -0.15) is 9.50 Å². The highest BCUT2D eigenvalue weighted by atomic mass is 32.1. The summed E-state index contributed by atoms with van der Waals surface area (Å²) in [7, 11) is 0. The maximum Gasteiger partial charge on any atom is 0.291 e. The Bertz CT molecular complexity index is 1580. The molecule has 5 aromatic rings. The van der Waals surface area contributed by atoms with Crippen LogP contribution in [0, 0.1) is 17.0 Å². The van der Waals surface area contributed by atoms with Crippen LogP contribution in [-0.2, 0) is 6.61 Å². The van der Waals surface area contributed by atoms with Crippen LogP contribution >= 0.6 is 11.3 Å². The number of benzene rings is 2. The first-order valence-corrected chi connectivity index (χ1v) is 10.8. The Morgan fingerprint density at radius 2 is 1.91 bits per heavy atom. The molecule has 0 bridgehead atoms. The molecule has 3 aromatic heterocycles. The molecule has 5 rings (SSSR count). The lowest BCUT2D eigenvalue weighted by atomic mass is 10.2. The first-order chi connectivity index (χ1) is 16.0. The number of rotatable bonds is 6. The van der Waals surface area contributed by atoms with E-state index in [1.165, 1.54) is 28.0 Å². The molecule has 0 saturated heterocycles. The van der Waals surface area contributed by atoms with Crippen LogP contribution < -0.4 is 14.8 Å². The van der Waals surface area contributed by atoms with E-state index in [0.717, 1.165) is 22.7 Å². The molecule has 0 atom stereocenters. The van der Waals surface area contributed by atoms with Crippen molar-refractivity contribution in [2.45, 2.75) is 13.5 Å². The third-order valence-corrected chi connectivity index (χ3v) is 6.03. The van der Waals surface area contributed by atoms with E-state index in [1.54, 1.807) is 18.2 Å². The Morgan fingerprint density at radius 1 is 1.12 bits per heavy atom. The molecule has 0 amide bonds. The SMILES string of the molecule is Cc1ccccc1OCc1nc2sc(=Cc3cccn3-c3ccc([N+](=O)[O-])cc3)c(=O)n2n1. The molecular formula is C23H17N5O4S. The van der Waals surface area contributed by atoms with Gasteiger partial charge in [-0.3, -0.25) is 14.9 Å². The Balaban J connectivity index is 1.43. The van der Waals surface area contributed by atoms with E-state index in [4.69, 9.17) is 4.74 Å². The third kappa shape index (κ3) is 3.99. The molecular weight excluding hydrogens is 442 g/mol. The van der Waals surface area contributed by atoms with Crippen LogP contribution in [0.25, 0.3) is 16.7 Å². The van der Waals surface area contributed by atoms with Crippen molar-refractivity contribution in [3.8, 4) is 11.4 Å². The summed E-state index contributed by atoms with van der Waals surface area (Å²) >= 11 is 1.24. The van der Waals surface area contributed by atoms with Gasteiger partial charge in [-0.1, -0.05) is 29.5 Å². The number of para-hydroxylation sites is 1. The van der Waals surface area contributed by atoms with Gasteiger partial charge in [-0.15, -0.1) is 5.10 Å². The smallest absolute Gasteiger partial charge is 0.291 e. The highest BCUT2D eigenvalue weighted by Crippen LogP contribution is 2.19. The lowest BCUT2D eigenvalue weighted by Crippen LogP contribution is -2.24. The van der Waals surface area contributed by atoms with Crippen molar-refractivity contribution in [2.75, 3.05) is 0 Å². The van der Waals surface area contributed by atoms with Gasteiger partial charge in [0.2, 0.25) is 4.96 Å². The molecule has 0 aliphatic heterocycles. The molecule has 0 spiro atoms. The molecule has 10 heteroatoms. The average Bonchev–Trinajstić information content (AvgIpc) is 3.51. The Kier molecular flexibility index (Phi) is 5.19. The van der Waals surface area contributed by atoms with Gasteiger partial charge in [0.25, 0.3) is 11.2 Å². The molecule has 0 N–H and O–H groups in total. The van der Waals surface area contributed by atoms with Gasteiger partial charge in [0.05, 0.1) is 4.92 Å². The van der Waals surface area contributed by atoms with Gasteiger partial charge in [0.1, 0.15) is 16.9 Å². The van der Waals surface area contributed by atoms with E-state index in [2.05, 4.69) is 10.1 Å². The zero-order valence-electron chi connectivity index (χ0n) is 17.4. The van der Waals surface area contributed by atoms with Gasteiger partial charge in [0, 0.05) is 29.7 Å². The molecule has 0 unspecified atom stereocenters. The number of non-ortho nitro benzene ring substituents is 1. The molecule has 3 heterocycles. The monoisotopic (exact) mass is 459 g/mol. The van der Waals surface area contributed by atoms with Crippen molar-refractivity contribution >= 4 is 28.1 Å². The Morgan fingerprint density at radius 3 is 2.64 bits per heavy atom. The first-order valence-electron chi connectivity index (χ1n) is 10.0. The number of ether oxygens (including phenoxy) is 1. The lowest BCUT2D eigenvalue weighted by molar-refractivity contribution is -0.384. The van der Waals surface area contributed by atoms with Gasteiger partial charge >= 0.3 is 0 Å². The Hall–Kier alpha value is -4.31. The van der Waals surface area contributed by atoms with Crippen molar-refractivity contribution < 1.29 is 9.66 Å². The summed E-state index contributed by atoms with van der Waals surface area (Å²) in [6.07, 6.45) is 3.59. The van der Waals surface area contributed by atoms with Crippen LogP contribution in [0.2, 0.25) is 0 Å². The van der Waals surface area contributed by atoms with Crippen LogP contribution in [0.4, 0.5) is 5.69 Å². The van der Waals surface area contributed by atoms with Crippen LogP contribution in [0.3, 0.4) is 0 Å². The topological polar surface area (TPSA) is 105 Å². The number of nitro benzene ring substituents is 1. The number of aryl methyl sites for hydroxylation is 1. The van der Waals surface area contributed by atoms with Crippen molar-refractivity contribution in [3.63, 3.8) is 0 Å². The molecule has 0 aliphatic rings. The van der Waals surface area contributed by atoms with Gasteiger partial charge in [-0.25, -0.2) is 0 Å². The van der Waals surface area contributed by atoms with Crippen LogP contribution in [0.5, 0.6) is 5.75 Å². The molecule has 164 valence electrons. The fraction of sp³-hybridized carbons (Fsp3) is 0.0870. The molecule has 33 heavy (non-hydrogen) atoms. The summed E-state index contributed by atoms with van der Waals surface area (Å²) in [5.41, 5.74) is 2.27. The van der Waals surface area contributed by atoms with Crippen molar-refractivity contribution in [3.05, 3.63) is 109 Å². The van der Waals surface area contributed by atoms with Crippen molar-refractivity contribution in [2.24, 2.45) is 0 Å². The molecule has 0 saturated carbocycles. The van der Waals surface area contributed by atoms with E-state index in [1.807, 2.05) is 54.1 Å². The molecule has 9 nitrogen and oxygen atoms in total. The standard InChI is InChI=1S/C23H17N5O4S/c1-15-5-2-3-7-19(15)32-14-21-24-23-27(25-21)22(29)20(33-23)13-18-6-4-12-26(18)16-8-10-17(11-9-16)28(30)31/h2-13H,14H2,1H3.